The van der Waals surface area contributed by atoms with E-state index in [1.54, 1.807) is 0 Å². The molecule has 1 saturated carbocycles. The van der Waals surface area contributed by atoms with Crippen molar-refractivity contribution in [2.45, 2.75) is 31.8 Å². The highest BCUT2D eigenvalue weighted by Gasteiger charge is 2.62. The van der Waals surface area contributed by atoms with Gasteiger partial charge in [0.1, 0.15) is 0 Å². The third-order valence-corrected chi connectivity index (χ3v) is 11.6. The highest BCUT2D eigenvalue weighted by atomic mass is 31.2. The fourth-order valence-corrected chi connectivity index (χ4v) is 9.93. The summed E-state index contributed by atoms with van der Waals surface area (Å²) >= 11 is 0. The largest absolute Gasteiger partial charge is 0.313 e. The van der Waals surface area contributed by atoms with Crippen molar-refractivity contribution >= 4 is 17.8 Å². The molecule has 1 fully saturated rings. The Balaban J connectivity index is 1.62. The number of nitrogens with zero attached hydrogens (tertiary/aromatic N) is 1. The van der Waals surface area contributed by atoms with E-state index in [0.29, 0.717) is 11.8 Å². The number of hydrogen-bond acceptors (Lipinski definition) is 2. The van der Waals surface area contributed by atoms with Crippen LogP contribution in [-0.4, -0.2) is 4.98 Å². The summed E-state index contributed by atoms with van der Waals surface area (Å²) in [7, 11) is -3.00. The molecule has 4 aromatic rings. The van der Waals surface area contributed by atoms with E-state index in [1.165, 1.54) is 5.56 Å². The second-order valence-electron chi connectivity index (χ2n) is 10.0. The maximum Gasteiger partial charge on any atom is 0.152 e. The van der Waals surface area contributed by atoms with E-state index in [9.17, 15) is 0 Å². The minimum absolute atomic E-state index is 0.104. The van der Waals surface area contributed by atoms with Crippen LogP contribution in [-0.2, 0) is 4.57 Å². The Kier molecular flexibility index (Phi) is 4.71. The molecule has 3 aliphatic rings. The lowest BCUT2D eigenvalue weighted by atomic mass is 9.48. The number of aromatic nitrogens is 1. The van der Waals surface area contributed by atoms with E-state index in [4.69, 9.17) is 4.98 Å². The first-order valence-corrected chi connectivity index (χ1v) is 13.6. The van der Waals surface area contributed by atoms with Gasteiger partial charge in [0.15, 0.2) is 7.14 Å². The Morgan fingerprint density at radius 1 is 0.758 bits per heavy atom. The van der Waals surface area contributed by atoms with Gasteiger partial charge in [-0.15, -0.1) is 0 Å². The summed E-state index contributed by atoms with van der Waals surface area (Å²) in [6, 6.07) is 35.0. The van der Waals surface area contributed by atoms with Gasteiger partial charge in [-0.3, -0.25) is 4.98 Å². The van der Waals surface area contributed by atoms with Crippen LogP contribution in [0, 0.1) is 11.3 Å². The Bertz CT molecular complexity index is 1300. The molecule has 164 valence electrons. The molecule has 2 nitrogen and oxygen atoms in total. The van der Waals surface area contributed by atoms with Gasteiger partial charge in [-0.25, -0.2) is 0 Å². The lowest BCUT2D eigenvalue weighted by Crippen LogP contribution is -2.51. The lowest BCUT2D eigenvalue weighted by Gasteiger charge is -2.61. The number of benzene rings is 3. The maximum atomic E-state index is 15.5. The molecule has 33 heavy (non-hydrogen) atoms. The van der Waals surface area contributed by atoms with Crippen molar-refractivity contribution in [1.29, 1.82) is 0 Å². The van der Waals surface area contributed by atoms with Crippen molar-refractivity contribution in [1.82, 2.24) is 4.98 Å². The molecular formula is C30H28NOP. The van der Waals surface area contributed by atoms with Crippen molar-refractivity contribution in [3.05, 3.63) is 114 Å². The van der Waals surface area contributed by atoms with E-state index < -0.39 is 7.14 Å². The fraction of sp³-hybridized carbons (Fsp3) is 0.233. The minimum Gasteiger partial charge on any atom is -0.313 e. The van der Waals surface area contributed by atoms with Gasteiger partial charge in [0.25, 0.3) is 0 Å². The molecule has 0 saturated heterocycles. The summed E-state index contributed by atoms with van der Waals surface area (Å²) in [5, 5.41) is 1.86. The molecule has 0 N–H and O–H groups in total. The number of rotatable bonds is 4. The van der Waals surface area contributed by atoms with E-state index in [2.05, 4.69) is 38.1 Å². The first-order valence-electron chi connectivity index (χ1n) is 11.8. The van der Waals surface area contributed by atoms with Crippen LogP contribution >= 0.6 is 7.14 Å². The Morgan fingerprint density at radius 3 is 1.85 bits per heavy atom. The van der Waals surface area contributed by atoms with Gasteiger partial charge in [0.05, 0.1) is 17.0 Å². The zero-order chi connectivity index (χ0) is 22.6. The predicted molar refractivity (Wildman–Crippen MR) is 137 cm³/mol. The summed E-state index contributed by atoms with van der Waals surface area (Å²) in [5.74, 6) is 0.811. The van der Waals surface area contributed by atoms with Crippen molar-refractivity contribution in [2.24, 2.45) is 11.3 Å². The lowest BCUT2D eigenvalue weighted by molar-refractivity contribution is 0.0121. The third kappa shape index (κ3) is 3.01. The van der Waals surface area contributed by atoms with Gasteiger partial charge in [0.2, 0.25) is 0 Å². The molecule has 7 rings (SSSR count). The van der Waals surface area contributed by atoms with Crippen molar-refractivity contribution in [2.75, 3.05) is 0 Å². The van der Waals surface area contributed by atoms with Crippen LogP contribution in [0.5, 0.6) is 0 Å². The molecule has 1 heterocycles. The van der Waals surface area contributed by atoms with Gasteiger partial charge in [0, 0.05) is 16.2 Å². The summed E-state index contributed by atoms with van der Waals surface area (Å²) in [4.78, 5) is 5.26. The summed E-state index contributed by atoms with van der Waals surface area (Å²) < 4.78 is 15.5. The summed E-state index contributed by atoms with van der Waals surface area (Å²) in [6.07, 6.45) is 1.08. The van der Waals surface area contributed by atoms with Crippen molar-refractivity contribution in [3.63, 3.8) is 0 Å². The average molecular weight is 450 g/mol. The Labute approximate surface area is 196 Å². The maximum absolute atomic E-state index is 15.5. The minimum atomic E-state index is -3.00. The quantitative estimate of drug-likeness (QED) is 0.316. The van der Waals surface area contributed by atoms with Crippen LogP contribution in [0.25, 0.3) is 11.3 Å². The van der Waals surface area contributed by atoms with Crippen LogP contribution in [0.3, 0.4) is 0 Å². The van der Waals surface area contributed by atoms with E-state index in [-0.39, 0.29) is 11.1 Å². The Morgan fingerprint density at radius 2 is 1.30 bits per heavy atom. The van der Waals surface area contributed by atoms with Crippen LogP contribution in [0.1, 0.15) is 43.1 Å². The summed E-state index contributed by atoms with van der Waals surface area (Å²) in [6.45, 7) is 4.71. The smallest absolute Gasteiger partial charge is 0.152 e. The fourth-order valence-electron chi connectivity index (χ4n) is 6.20. The van der Waals surface area contributed by atoms with E-state index >= 15 is 4.57 Å². The molecule has 0 spiro atoms. The predicted octanol–water partition coefficient (Wildman–Crippen LogP) is 6.95. The second-order valence-corrected chi connectivity index (χ2v) is 12.9. The molecule has 3 aliphatic carbocycles. The Hall–Kier alpha value is -2.96. The third-order valence-electron chi connectivity index (χ3n) is 8.08. The number of pyridine rings is 1. The molecular weight excluding hydrogens is 421 g/mol. The molecule has 3 heteroatoms. The summed E-state index contributed by atoms with van der Waals surface area (Å²) in [5.41, 5.74) is 4.39. The normalized spacial score (nSPS) is 22.8. The molecule has 3 aromatic carbocycles. The molecule has 3 atom stereocenters. The molecule has 0 unspecified atom stereocenters. The second kappa shape index (κ2) is 7.54. The van der Waals surface area contributed by atoms with Crippen molar-refractivity contribution < 1.29 is 4.57 Å². The standard InChI is InChI=1S/C30H28NOP/c1-30(2)25-20-26(30)29(28-24(25)18-19-27(31-28)21-12-6-3-7-13-21)33(32,22-14-8-4-9-15-22)23-16-10-5-11-17-23/h3-19,25-26,29H,20H2,1-2H3/t25-,26+,29-/m1/s1. The first-order chi connectivity index (χ1) is 16.0. The topological polar surface area (TPSA) is 30.0 Å². The van der Waals surface area contributed by atoms with Crippen LogP contribution in [0.15, 0.2) is 103 Å². The molecule has 1 aromatic heterocycles. The van der Waals surface area contributed by atoms with E-state index in [1.807, 2.05) is 78.9 Å². The molecule has 0 aliphatic heterocycles. The SMILES string of the molecule is CC1(C)[C@@H]2C[C@H]1[C@@H](P(=O)(c1ccccc1)c1ccccc1)c1nc(-c3ccccc3)ccc12. The molecule has 0 amide bonds. The highest BCUT2D eigenvalue weighted by Crippen LogP contribution is 2.75. The van der Waals surface area contributed by atoms with Gasteiger partial charge in [-0.1, -0.05) is 111 Å². The van der Waals surface area contributed by atoms with Crippen LogP contribution in [0.4, 0.5) is 0 Å². The van der Waals surface area contributed by atoms with Crippen LogP contribution in [0.2, 0.25) is 0 Å². The zero-order valence-corrected chi connectivity index (χ0v) is 20.0. The molecule has 0 radical (unpaired) electrons. The highest BCUT2D eigenvalue weighted by molar-refractivity contribution is 7.79. The average Bonchev–Trinajstić information content (AvgIpc) is 2.88. The van der Waals surface area contributed by atoms with Gasteiger partial charge >= 0.3 is 0 Å². The van der Waals surface area contributed by atoms with Crippen molar-refractivity contribution in [3.8, 4) is 11.3 Å². The number of hydrogen-bond donors (Lipinski definition) is 0. The van der Waals surface area contributed by atoms with Gasteiger partial charge in [-0.05, 0) is 35.3 Å². The monoisotopic (exact) mass is 449 g/mol. The zero-order valence-electron chi connectivity index (χ0n) is 19.1. The van der Waals surface area contributed by atoms with Crippen LogP contribution < -0.4 is 10.6 Å². The molecule has 2 bridgehead atoms. The first kappa shape index (κ1) is 20.6. The van der Waals surface area contributed by atoms with Gasteiger partial charge < -0.3 is 4.57 Å². The van der Waals surface area contributed by atoms with Gasteiger partial charge in [-0.2, -0.15) is 0 Å². The van der Waals surface area contributed by atoms with E-state index in [0.717, 1.165) is 34.0 Å².